The lowest BCUT2D eigenvalue weighted by Gasteiger charge is -2.08. The fourth-order valence-electron chi connectivity index (χ4n) is 3.18. The van der Waals surface area contributed by atoms with Crippen molar-refractivity contribution < 1.29 is 23.1 Å². The third-order valence-corrected chi connectivity index (χ3v) is 5.08. The van der Waals surface area contributed by atoms with Crippen molar-refractivity contribution in [3.63, 3.8) is 0 Å². The molecule has 176 valence electrons. The van der Waals surface area contributed by atoms with E-state index < -0.39 is 18.4 Å². The maximum atomic E-state index is 12.8. The Hall–Kier alpha value is -4.55. The molecule has 13 heteroatoms. The van der Waals surface area contributed by atoms with E-state index in [1.807, 2.05) is 6.92 Å². The number of carbonyl (C=O) groups excluding carboxylic acids is 2. The Balaban J connectivity index is 1.48. The second-order valence-electron chi connectivity index (χ2n) is 7.28. The van der Waals surface area contributed by atoms with Gasteiger partial charge in [0.25, 0.3) is 11.8 Å². The van der Waals surface area contributed by atoms with Gasteiger partial charge in [-0.15, -0.1) is 0 Å². The lowest BCUT2D eigenvalue weighted by molar-refractivity contribution is -0.0498. The highest BCUT2D eigenvalue weighted by Gasteiger charge is 2.21. The first-order valence-electron chi connectivity index (χ1n) is 9.97. The maximum Gasteiger partial charge on any atom is 0.387 e. The van der Waals surface area contributed by atoms with Crippen LogP contribution in [0.5, 0.6) is 5.75 Å². The van der Waals surface area contributed by atoms with E-state index in [-0.39, 0.29) is 22.8 Å². The number of amides is 2. The van der Waals surface area contributed by atoms with Crippen molar-refractivity contribution in [2.45, 2.75) is 13.5 Å². The normalized spacial score (nSPS) is 11.0. The Kier molecular flexibility index (Phi) is 6.08. The first-order chi connectivity index (χ1) is 16.2. The van der Waals surface area contributed by atoms with Crippen LogP contribution in [0.15, 0.2) is 42.7 Å². The second-order valence-corrected chi connectivity index (χ2v) is 7.28. The van der Waals surface area contributed by atoms with Crippen molar-refractivity contribution >= 4 is 23.2 Å². The third kappa shape index (κ3) is 4.62. The predicted molar refractivity (Wildman–Crippen MR) is 118 cm³/mol. The van der Waals surface area contributed by atoms with Gasteiger partial charge in [-0.3, -0.25) is 24.1 Å². The summed E-state index contributed by atoms with van der Waals surface area (Å²) in [4.78, 5) is 25.6. The zero-order valence-electron chi connectivity index (χ0n) is 18.3. The number of rotatable bonds is 7. The number of benzene rings is 1. The molecule has 0 saturated carbocycles. The first kappa shape index (κ1) is 22.6. The molecule has 3 N–H and O–H groups in total. The summed E-state index contributed by atoms with van der Waals surface area (Å²) in [5, 5.41) is 20.3. The summed E-state index contributed by atoms with van der Waals surface area (Å²) in [6, 6.07) is 7.33. The van der Waals surface area contributed by atoms with Crippen LogP contribution in [0, 0.1) is 6.92 Å². The predicted octanol–water partition coefficient (Wildman–Crippen LogP) is 2.96. The average Bonchev–Trinajstić information content (AvgIpc) is 3.50. The molecular weight excluding hydrogens is 450 g/mol. The highest BCUT2D eigenvalue weighted by Crippen LogP contribution is 2.23. The standard InChI is InChI=1S/C21H20F2N8O3/c1-11-16(9-24-30(11)2)26-20(33)18-17(10-25-31(18)3)27-19(32)15-8-14(28-29-15)12-4-6-13(7-5-12)34-21(22)23/h4-10,21H,1-3H3,(H,26,33)(H,27,32)(H,28,29). The highest BCUT2D eigenvalue weighted by atomic mass is 19.3. The van der Waals surface area contributed by atoms with Gasteiger partial charge in [-0.2, -0.15) is 24.1 Å². The van der Waals surface area contributed by atoms with E-state index in [9.17, 15) is 18.4 Å². The Morgan fingerprint density at radius 2 is 1.65 bits per heavy atom. The van der Waals surface area contributed by atoms with Crippen molar-refractivity contribution in [1.82, 2.24) is 29.8 Å². The zero-order valence-corrected chi connectivity index (χ0v) is 18.3. The number of aromatic nitrogens is 6. The number of aromatic amines is 1. The van der Waals surface area contributed by atoms with Gasteiger partial charge in [-0.25, -0.2) is 0 Å². The molecule has 2 amide bonds. The largest absolute Gasteiger partial charge is 0.435 e. The number of nitrogens with zero attached hydrogens (tertiary/aromatic N) is 5. The molecule has 0 radical (unpaired) electrons. The van der Waals surface area contributed by atoms with Crippen LogP contribution in [-0.4, -0.2) is 48.2 Å². The number of alkyl halides is 2. The number of hydrogen-bond donors (Lipinski definition) is 3. The minimum Gasteiger partial charge on any atom is -0.435 e. The van der Waals surface area contributed by atoms with Gasteiger partial charge in [0.15, 0.2) is 0 Å². The SMILES string of the molecule is Cc1c(NC(=O)c2c(NC(=O)c3cc(-c4ccc(OC(F)F)cc4)n[nH]3)cnn2C)cnn1C. The molecule has 34 heavy (non-hydrogen) atoms. The summed E-state index contributed by atoms with van der Waals surface area (Å²) >= 11 is 0. The Labute approximate surface area is 191 Å². The van der Waals surface area contributed by atoms with Crippen molar-refractivity contribution in [2.24, 2.45) is 14.1 Å². The van der Waals surface area contributed by atoms with Gasteiger partial charge in [-0.1, -0.05) is 0 Å². The molecule has 0 unspecified atom stereocenters. The van der Waals surface area contributed by atoms with Crippen LogP contribution in [0.1, 0.15) is 26.7 Å². The van der Waals surface area contributed by atoms with Gasteiger partial charge in [0, 0.05) is 19.7 Å². The Morgan fingerprint density at radius 3 is 2.29 bits per heavy atom. The monoisotopic (exact) mass is 470 g/mol. The van der Waals surface area contributed by atoms with E-state index >= 15 is 0 Å². The van der Waals surface area contributed by atoms with Gasteiger partial charge < -0.3 is 15.4 Å². The van der Waals surface area contributed by atoms with Gasteiger partial charge in [0.05, 0.1) is 35.2 Å². The molecule has 0 aliphatic heterocycles. The van der Waals surface area contributed by atoms with Crippen LogP contribution in [-0.2, 0) is 14.1 Å². The summed E-state index contributed by atoms with van der Waals surface area (Å²) in [6.45, 7) is -1.11. The zero-order chi connectivity index (χ0) is 24.4. The summed E-state index contributed by atoms with van der Waals surface area (Å²) in [6.07, 6.45) is 2.89. The number of halogens is 2. The van der Waals surface area contributed by atoms with Crippen molar-refractivity contribution in [3.05, 3.63) is 59.8 Å². The minimum absolute atomic E-state index is 0.0103. The number of H-pyrrole nitrogens is 1. The Morgan fingerprint density at radius 1 is 1.00 bits per heavy atom. The molecule has 0 saturated heterocycles. The summed E-state index contributed by atoms with van der Waals surface area (Å²) in [5.74, 6) is -1.00. The molecule has 0 aliphatic rings. The van der Waals surface area contributed by atoms with E-state index in [0.29, 0.717) is 16.9 Å². The molecule has 4 rings (SSSR count). The van der Waals surface area contributed by atoms with Crippen LogP contribution < -0.4 is 15.4 Å². The fourth-order valence-corrected chi connectivity index (χ4v) is 3.18. The van der Waals surface area contributed by atoms with Gasteiger partial charge >= 0.3 is 6.61 Å². The third-order valence-electron chi connectivity index (χ3n) is 5.08. The fraction of sp³-hybridized carbons (Fsp3) is 0.190. The smallest absolute Gasteiger partial charge is 0.387 e. The average molecular weight is 470 g/mol. The van der Waals surface area contributed by atoms with E-state index in [0.717, 1.165) is 5.69 Å². The summed E-state index contributed by atoms with van der Waals surface area (Å²) in [7, 11) is 3.33. The van der Waals surface area contributed by atoms with Gasteiger partial charge in [-0.05, 0) is 37.3 Å². The molecular formula is C21H20F2N8O3. The van der Waals surface area contributed by atoms with Gasteiger partial charge in [0.1, 0.15) is 17.1 Å². The number of anilines is 2. The molecule has 4 aromatic rings. The molecule has 0 bridgehead atoms. The number of hydrogen-bond acceptors (Lipinski definition) is 6. The summed E-state index contributed by atoms with van der Waals surface area (Å²) < 4.78 is 31.9. The van der Waals surface area contributed by atoms with Crippen molar-refractivity contribution in [3.8, 4) is 17.0 Å². The van der Waals surface area contributed by atoms with Crippen LogP contribution in [0.3, 0.4) is 0 Å². The van der Waals surface area contributed by atoms with Crippen molar-refractivity contribution in [2.75, 3.05) is 10.6 Å². The number of aryl methyl sites for hydroxylation is 2. The molecule has 0 fully saturated rings. The summed E-state index contributed by atoms with van der Waals surface area (Å²) in [5.41, 5.74) is 2.78. The molecule has 0 aliphatic carbocycles. The van der Waals surface area contributed by atoms with Crippen LogP contribution >= 0.6 is 0 Å². The van der Waals surface area contributed by atoms with E-state index in [2.05, 4.69) is 35.8 Å². The molecule has 11 nitrogen and oxygen atoms in total. The van der Waals surface area contributed by atoms with E-state index in [4.69, 9.17) is 0 Å². The molecule has 0 spiro atoms. The first-order valence-corrected chi connectivity index (χ1v) is 9.97. The Bertz CT molecular complexity index is 1340. The number of ether oxygens (including phenoxy) is 1. The number of nitrogens with one attached hydrogen (secondary N) is 3. The van der Waals surface area contributed by atoms with Crippen molar-refractivity contribution in [1.29, 1.82) is 0 Å². The maximum absolute atomic E-state index is 12.8. The topological polar surface area (TPSA) is 132 Å². The number of carbonyl (C=O) groups is 2. The quantitative estimate of drug-likeness (QED) is 0.381. The molecule has 0 atom stereocenters. The minimum atomic E-state index is -2.92. The van der Waals surface area contributed by atoms with Crippen LogP contribution in [0.2, 0.25) is 0 Å². The lowest BCUT2D eigenvalue weighted by Crippen LogP contribution is -2.20. The van der Waals surface area contributed by atoms with Crippen LogP contribution in [0.4, 0.5) is 20.2 Å². The van der Waals surface area contributed by atoms with Crippen LogP contribution in [0.25, 0.3) is 11.3 Å². The lowest BCUT2D eigenvalue weighted by atomic mass is 10.1. The van der Waals surface area contributed by atoms with E-state index in [1.165, 1.54) is 35.3 Å². The molecule has 3 aromatic heterocycles. The highest BCUT2D eigenvalue weighted by molar-refractivity contribution is 6.11. The molecule has 3 heterocycles. The van der Waals surface area contributed by atoms with E-state index in [1.54, 1.807) is 30.9 Å². The second kappa shape index (κ2) is 9.13. The van der Waals surface area contributed by atoms with Gasteiger partial charge in [0.2, 0.25) is 0 Å². The molecule has 1 aromatic carbocycles.